The molecule has 1 aliphatic heterocycles. The van der Waals surface area contributed by atoms with Gasteiger partial charge in [-0.1, -0.05) is 68.1 Å². The fourth-order valence-corrected chi connectivity index (χ4v) is 7.05. The summed E-state index contributed by atoms with van der Waals surface area (Å²) in [6, 6.07) is 13.5. The van der Waals surface area contributed by atoms with Crippen molar-refractivity contribution in [3.8, 4) is 0 Å². The second kappa shape index (κ2) is 12.1. The monoisotopic (exact) mass is 539 g/mol. The smallest absolute Gasteiger partial charge is 0.269 e. The number of benzene rings is 2. The molecule has 2 aromatic rings. The number of fused-ring (bicyclic) bond motifs is 1. The van der Waals surface area contributed by atoms with E-state index in [9.17, 15) is 22.8 Å². The van der Waals surface area contributed by atoms with E-state index in [0.717, 1.165) is 41.1 Å². The average molecular weight is 540 g/mol. The third-order valence-corrected chi connectivity index (χ3v) is 9.28. The minimum atomic E-state index is -3.92. The maximum absolute atomic E-state index is 13.6. The van der Waals surface area contributed by atoms with E-state index in [1.165, 1.54) is 18.6 Å². The summed E-state index contributed by atoms with van der Waals surface area (Å²) in [5.41, 5.74) is 2.15. The lowest BCUT2D eigenvalue weighted by Crippen LogP contribution is -2.51. The molecule has 1 aliphatic carbocycles. The number of amides is 3. The first kappa shape index (κ1) is 27.8. The third kappa shape index (κ3) is 6.09. The minimum Gasteiger partial charge on any atom is -0.352 e. The highest BCUT2D eigenvalue weighted by Gasteiger charge is 2.40. The topological polar surface area (TPSA) is 104 Å². The maximum Gasteiger partial charge on any atom is 0.269 e. The molecule has 1 fully saturated rings. The quantitative estimate of drug-likeness (QED) is 0.488. The van der Waals surface area contributed by atoms with Gasteiger partial charge in [-0.3, -0.25) is 14.4 Å². The molecule has 1 N–H and O–H groups in total. The zero-order valence-electron chi connectivity index (χ0n) is 22.2. The predicted octanol–water partition coefficient (Wildman–Crippen LogP) is 4.18. The van der Waals surface area contributed by atoms with E-state index in [1.54, 1.807) is 17.0 Å². The number of nitrogens with one attached hydrogen (secondary N) is 1. The SMILES string of the molecule is CC[C@H](C(=O)NC1CCCCC1)N(Cc1cccc(C)c1)C(=O)CCCN1C(=O)c2ccccc2S1(=O)=O. The van der Waals surface area contributed by atoms with Gasteiger partial charge in [0.1, 0.15) is 10.9 Å². The average Bonchev–Trinajstić information content (AvgIpc) is 3.09. The molecule has 3 amide bonds. The molecular weight excluding hydrogens is 502 g/mol. The van der Waals surface area contributed by atoms with Gasteiger partial charge in [-0.25, -0.2) is 12.7 Å². The zero-order valence-corrected chi connectivity index (χ0v) is 23.0. The molecule has 2 aromatic carbocycles. The summed E-state index contributed by atoms with van der Waals surface area (Å²) in [6.45, 7) is 4.07. The summed E-state index contributed by atoms with van der Waals surface area (Å²) >= 11 is 0. The van der Waals surface area contributed by atoms with Crippen LogP contribution in [-0.4, -0.2) is 54.0 Å². The van der Waals surface area contributed by atoms with Crippen molar-refractivity contribution in [1.29, 1.82) is 0 Å². The maximum atomic E-state index is 13.6. The number of nitrogens with zero attached hydrogens (tertiary/aromatic N) is 2. The first-order valence-corrected chi connectivity index (χ1v) is 15.0. The van der Waals surface area contributed by atoms with Crippen LogP contribution >= 0.6 is 0 Å². The Morgan fingerprint density at radius 3 is 2.50 bits per heavy atom. The number of hydrogen-bond acceptors (Lipinski definition) is 5. The fraction of sp³-hybridized carbons (Fsp3) is 0.483. The van der Waals surface area contributed by atoms with E-state index >= 15 is 0 Å². The number of carbonyl (C=O) groups excluding carboxylic acids is 3. The van der Waals surface area contributed by atoms with Gasteiger partial charge >= 0.3 is 0 Å². The van der Waals surface area contributed by atoms with E-state index in [0.29, 0.717) is 6.42 Å². The summed E-state index contributed by atoms with van der Waals surface area (Å²) in [6.07, 6.45) is 5.93. The molecule has 0 spiro atoms. The summed E-state index contributed by atoms with van der Waals surface area (Å²) in [5, 5.41) is 3.16. The van der Waals surface area contributed by atoms with Gasteiger partial charge in [0, 0.05) is 25.6 Å². The van der Waals surface area contributed by atoms with Crippen LogP contribution in [0.4, 0.5) is 0 Å². The highest BCUT2D eigenvalue weighted by atomic mass is 32.2. The molecule has 0 saturated heterocycles. The third-order valence-electron chi connectivity index (χ3n) is 7.44. The van der Waals surface area contributed by atoms with E-state index in [1.807, 2.05) is 38.1 Å². The molecule has 1 atom stereocenters. The summed E-state index contributed by atoms with van der Waals surface area (Å²) in [4.78, 5) is 41.2. The van der Waals surface area contributed by atoms with Crippen LogP contribution in [0.5, 0.6) is 0 Å². The molecule has 0 radical (unpaired) electrons. The van der Waals surface area contributed by atoms with Gasteiger partial charge in [0.05, 0.1) is 5.56 Å². The molecular formula is C29H37N3O5S. The number of carbonyl (C=O) groups is 3. The predicted molar refractivity (Wildman–Crippen MR) is 145 cm³/mol. The Kier molecular flexibility index (Phi) is 8.87. The number of sulfonamides is 1. The Hall–Kier alpha value is -3.20. The normalized spacial score (nSPS) is 17.6. The first-order chi connectivity index (χ1) is 18.2. The Morgan fingerprint density at radius 2 is 1.82 bits per heavy atom. The van der Waals surface area contributed by atoms with Crippen molar-refractivity contribution in [3.63, 3.8) is 0 Å². The molecule has 1 saturated carbocycles. The summed E-state index contributed by atoms with van der Waals surface area (Å²) in [5.74, 6) is -0.949. The van der Waals surface area contributed by atoms with Crippen molar-refractivity contribution < 1.29 is 22.8 Å². The zero-order chi connectivity index (χ0) is 27.3. The molecule has 0 bridgehead atoms. The van der Waals surface area contributed by atoms with Crippen molar-refractivity contribution in [2.45, 2.75) is 88.7 Å². The van der Waals surface area contributed by atoms with E-state index in [2.05, 4.69) is 5.32 Å². The van der Waals surface area contributed by atoms with Crippen molar-refractivity contribution in [3.05, 3.63) is 65.2 Å². The van der Waals surface area contributed by atoms with Gasteiger partial charge in [-0.2, -0.15) is 0 Å². The van der Waals surface area contributed by atoms with Crippen LogP contribution < -0.4 is 5.32 Å². The van der Waals surface area contributed by atoms with E-state index in [4.69, 9.17) is 0 Å². The van der Waals surface area contributed by atoms with Crippen molar-refractivity contribution in [2.24, 2.45) is 0 Å². The van der Waals surface area contributed by atoms with Crippen LogP contribution in [0.1, 0.15) is 79.8 Å². The lowest BCUT2D eigenvalue weighted by molar-refractivity contribution is -0.141. The van der Waals surface area contributed by atoms with Crippen LogP contribution in [0.25, 0.3) is 0 Å². The number of aryl methyl sites for hydroxylation is 1. The number of rotatable bonds is 10. The fourth-order valence-electron chi connectivity index (χ4n) is 5.44. The second-order valence-corrected chi connectivity index (χ2v) is 12.1. The molecule has 8 nitrogen and oxygen atoms in total. The number of hydrogen-bond donors (Lipinski definition) is 1. The van der Waals surface area contributed by atoms with Crippen LogP contribution in [-0.2, 0) is 26.2 Å². The molecule has 1 heterocycles. The van der Waals surface area contributed by atoms with Crippen LogP contribution in [0.2, 0.25) is 0 Å². The van der Waals surface area contributed by atoms with Gasteiger partial charge in [-0.15, -0.1) is 0 Å². The van der Waals surface area contributed by atoms with Gasteiger partial charge in [0.2, 0.25) is 11.8 Å². The second-order valence-electron chi connectivity index (χ2n) is 10.3. The van der Waals surface area contributed by atoms with Crippen LogP contribution in [0, 0.1) is 6.92 Å². The Balaban J connectivity index is 1.47. The summed E-state index contributed by atoms with van der Waals surface area (Å²) < 4.78 is 26.6. The van der Waals surface area contributed by atoms with Gasteiger partial charge in [0.25, 0.3) is 15.9 Å². The van der Waals surface area contributed by atoms with E-state index < -0.39 is 22.0 Å². The Labute approximate surface area is 225 Å². The van der Waals surface area contributed by atoms with Gasteiger partial charge in [0.15, 0.2) is 0 Å². The molecule has 38 heavy (non-hydrogen) atoms. The molecule has 0 aromatic heterocycles. The Bertz CT molecular complexity index is 1290. The van der Waals surface area contributed by atoms with Crippen LogP contribution in [0.15, 0.2) is 53.4 Å². The molecule has 2 aliphatic rings. The van der Waals surface area contributed by atoms with Crippen molar-refractivity contribution in [2.75, 3.05) is 6.54 Å². The lowest BCUT2D eigenvalue weighted by atomic mass is 9.95. The molecule has 204 valence electrons. The summed E-state index contributed by atoms with van der Waals surface area (Å²) in [7, 11) is -3.92. The van der Waals surface area contributed by atoms with Gasteiger partial charge < -0.3 is 10.2 Å². The van der Waals surface area contributed by atoms with Crippen molar-refractivity contribution >= 4 is 27.7 Å². The largest absolute Gasteiger partial charge is 0.352 e. The molecule has 4 rings (SSSR count). The van der Waals surface area contributed by atoms with Crippen LogP contribution in [0.3, 0.4) is 0 Å². The first-order valence-electron chi connectivity index (χ1n) is 13.5. The molecule has 0 unspecified atom stereocenters. The highest BCUT2D eigenvalue weighted by Crippen LogP contribution is 2.30. The van der Waals surface area contributed by atoms with E-state index in [-0.39, 0.29) is 54.2 Å². The van der Waals surface area contributed by atoms with Crippen molar-refractivity contribution in [1.82, 2.24) is 14.5 Å². The Morgan fingerprint density at radius 1 is 1.08 bits per heavy atom. The van der Waals surface area contributed by atoms with Gasteiger partial charge in [-0.05, 0) is 50.3 Å². The minimum absolute atomic E-state index is 0.00262. The lowest BCUT2D eigenvalue weighted by Gasteiger charge is -2.33. The molecule has 9 heteroatoms. The standard InChI is InChI=1S/C29H37N3O5S/c1-3-25(28(34)30-23-13-5-4-6-14-23)31(20-22-12-9-11-21(2)19-22)27(33)17-10-18-32-29(35)24-15-7-8-16-26(24)38(32,36)37/h7-9,11-12,15-16,19,23,25H,3-6,10,13-14,17-18,20H2,1-2H3,(H,30,34)/t25-/m1/s1. The highest BCUT2D eigenvalue weighted by molar-refractivity contribution is 7.90.